The molecule has 0 spiro atoms. The molecule has 1 aromatic heterocycles. The molecule has 0 aliphatic rings. The van der Waals surface area contributed by atoms with Crippen LogP contribution >= 0.6 is 11.8 Å². The Kier molecular flexibility index (Phi) is 7.47. The van der Waals surface area contributed by atoms with Crippen LogP contribution in [-0.4, -0.2) is 23.1 Å². The molecule has 30 heavy (non-hydrogen) atoms. The summed E-state index contributed by atoms with van der Waals surface area (Å²) in [5.74, 6) is -1.25. The standard InChI is InChI=1S/C21H19NO7S/c22-16(19(23)26-11-14-7-3-1-4-8-14)13-30-21(25)27-12-17-18(29-20(24)28-17)15-9-5-2-6-10-15/h1-10,16H,11-13,22H2/t16-/m0/s1. The maximum absolute atomic E-state index is 12.0. The van der Waals surface area contributed by atoms with Gasteiger partial charge in [-0.25, -0.2) is 9.59 Å². The number of ether oxygens (including phenoxy) is 2. The van der Waals surface area contributed by atoms with Crippen molar-refractivity contribution in [1.82, 2.24) is 0 Å². The Hall–Kier alpha value is -3.30. The first kappa shape index (κ1) is 21.4. The molecule has 1 atom stereocenters. The molecule has 0 fully saturated rings. The summed E-state index contributed by atoms with van der Waals surface area (Å²) < 4.78 is 20.2. The van der Waals surface area contributed by atoms with E-state index < -0.39 is 23.1 Å². The zero-order chi connectivity index (χ0) is 21.3. The van der Waals surface area contributed by atoms with Crippen molar-refractivity contribution in [2.45, 2.75) is 19.3 Å². The Morgan fingerprint density at radius 1 is 0.933 bits per heavy atom. The number of carbonyl (C=O) groups is 2. The molecule has 0 aliphatic carbocycles. The van der Waals surface area contributed by atoms with Crippen LogP contribution in [0.5, 0.6) is 0 Å². The highest BCUT2D eigenvalue weighted by molar-refractivity contribution is 8.13. The van der Waals surface area contributed by atoms with Crippen LogP contribution in [0, 0.1) is 0 Å². The summed E-state index contributed by atoms with van der Waals surface area (Å²) in [6.07, 6.45) is 0. The van der Waals surface area contributed by atoms with E-state index in [1.165, 1.54) is 0 Å². The Balaban J connectivity index is 1.45. The van der Waals surface area contributed by atoms with E-state index in [9.17, 15) is 14.4 Å². The van der Waals surface area contributed by atoms with E-state index in [4.69, 9.17) is 24.0 Å². The third-order valence-electron chi connectivity index (χ3n) is 3.91. The van der Waals surface area contributed by atoms with Crippen LogP contribution in [0.15, 0.2) is 74.3 Å². The van der Waals surface area contributed by atoms with E-state index >= 15 is 0 Å². The summed E-state index contributed by atoms with van der Waals surface area (Å²) in [6.45, 7) is -0.195. The van der Waals surface area contributed by atoms with Crippen molar-refractivity contribution < 1.29 is 27.9 Å². The van der Waals surface area contributed by atoms with Crippen molar-refractivity contribution in [3.8, 4) is 11.3 Å². The highest BCUT2D eigenvalue weighted by atomic mass is 32.2. The Labute approximate surface area is 176 Å². The molecule has 0 unspecified atom stereocenters. The number of rotatable bonds is 8. The summed E-state index contributed by atoms with van der Waals surface area (Å²) in [7, 11) is 0. The Morgan fingerprint density at radius 2 is 1.60 bits per heavy atom. The van der Waals surface area contributed by atoms with Gasteiger partial charge < -0.3 is 24.0 Å². The second-order valence-corrected chi connectivity index (χ2v) is 7.08. The highest BCUT2D eigenvalue weighted by Gasteiger charge is 2.20. The topological polar surface area (TPSA) is 122 Å². The van der Waals surface area contributed by atoms with Crippen molar-refractivity contribution in [1.29, 1.82) is 0 Å². The van der Waals surface area contributed by atoms with Gasteiger partial charge in [0.15, 0.2) is 18.1 Å². The highest BCUT2D eigenvalue weighted by Crippen LogP contribution is 2.23. The van der Waals surface area contributed by atoms with Gasteiger partial charge in [0.05, 0.1) is 0 Å². The third-order valence-corrected chi connectivity index (χ3v) is 4.79. The lowest BCUT2D eigenvalue weighted by Gasteiger charge is -2.11. The molecule has 9 heteroatoms. The lowest BCUT2D eigenvalue weighted by molar-refractivity contribution is -0.145. The average molecular weight is 429 g/mol. The van der Waals surface area contributed by atoms with Gasteiger partial charge in [-0.1, -0.05) is 60.7 Å². The predicted octanol–water partition coefficient (Wildman–Crippen LogP) is 3.34. The van der Waals surface area contributed by atoms with E-state index in [0.717, 1.165) is 17.3 Å². The minimum absolute atomic E-state index is 0.0205. The van der Waals surface area contributed by atoms with Gasteiger partial charge in [0.25, 0.3) is 0 Å². The Bertz CT molecular complexity index is 1030. The van der Waals surface area contributed by atoms with Gasteiger partial charge in [-0.3, -0.25) is 4.79 Å². The Morgan fingerprint density at radius 3 is 2.30 bits per heavy atom. The van der Waals surface area contributed by atoms with Crippen LogP contribution in [-0.2, 0) is 27.5 Å². The molecule has 2 N–H and O–H groups in total. The molecule has 156 valence electrons. The number of esters is 1. The van der Waals surface area contributed by atoms with Gasteiger partial charge in [-0.2, -0.15) is 0 Å². The fraction of sp³-hybridized carbons (Fsp3) is 0.190. The first-order chi connectivity index (χ1) is 14.5. The first-order valence-electron chi connectivity index (χ1n) is 8.97. The SMILES string of the molecule is N[C@@H](CSC(=O)OCc1oc(=O)oc1-c1ccccc1)C(=O)OCc1ccccc1. The molecule has 0 aliphatic heterocycles. The van der Waals surface area contributed by atoms with Crippen LogP contribution in [0.25, 0.3) is 11.3 Å². The molecule has 3 aromatic rings. The predicted molar refractivity (Wildman–Crippen MR) is 110 cm³/mol. The van der Waals surface area contributed by atoms with E-state index in [2.05, 4.69) is 0 Å². The van der Waals surface area contributed by atoms with Crippen LogP contribution in [0.1, 0.15) is 11.3 Å². The maximum atomic E-state index is 12.0. The molecule has 0 amide bonds. The minimum atomic E-state index is -0.988. The molecule has 3 rings (SSSR count). The zero-order valence-corrected chi connectivity index (χ0v) is 16.6. The van der Waals surface area contributed by atoms with Crippen molar-refractivity contribution in [3.05, 3.63) is 82.6 Å². The van der Waals surface area contributed by atoms with Crippen LogP contribution in [0.3, 0.4) is 0 Å². The van der Waals surface area contributed by atoms with Crippen molar-refractivity contribution >= 4 is 23.0 Å². The lowest BCUT2D eigenvalue weighted by atomic mass is 10.1. The third kappa shape index (κ3) is 6.10. The molecule has 1 heterocycles. The summed E-state index contributed by atoms with van der Waals surface area (Å²) >= 11 is 0.725. The van der Waals surface area contributed by atoms with Gasteiger partial charge >= 0.3 is 17.1 Å². The minimum Gasteiger partial charge on any atom is -0.460 e. The largest absolute Gasteiger partial charge is 0.519 e. The fourth-order valence-electron chi connectivity index (χ4n) is 2.44. The van der Waals surface area contributed by atoms with Gasteiger partial charge in [0, 0.05) is 11.3 Å². The number of nitrogens with two attached hydrogens (primary N) is 1. The molecular weight excluding hydrogens is 410 g/mol. The second-order valence-electron chi connectivity index (χ2n) is 6.12. The van der Waals surface area contributed by atoms with Gasteiger partial charge in [0.2, 0.25) is 0 Å². The smallest absolute Gasteiger partial charge is 0.460 e. The molecule has 0 bridgehead atoms. The molecule has 0 saturated carbocycles. The van der Waals surface area contributed by atoms with Gasteiger partial charge in [-0.15, -0.1) is 0 Å². The van der Waals surface area contributed by atoms with Crippen molar-refractivity contribution in [2.75, 3.05) is 5.75 Å². The molecule has 0 radical (unpaired) electrons. The maximum Gasteiger partial charge on any atom is 0.519 e. The number of benzene rings is 2. The van der Waals surface area contributed by atoms with E-state index in [1.807, 2.05) is 36.4 Å². The average Bonchev–Trinajstić information content (AvgIpc) is 3.16. The van der Waals surface area contributed by atoms with Crippen LogP contribution in [0.2, 0.25) is 0 Å². The zero-order valence-electron chi connectivity index (χ0n) is 15.8. The monoisotopic (exact) mass is 429 g/mol. The molecular formula is C21H19NO7S. The number of hydrogen-bond acceptors (Lipinski definition) is 9. The number of thioether (sulfide) groups is 1. The molecule has 2 aromatic carbocycles. The van der Waals surface area contributed by atoms with E-state index in [-0.39, 0.29) is 30.5 Å². The quantitative estimate of drug-likeness (QED) is 0.537. The summed E-state index contributed by atoms with van der Waals surface area (Å²) in [6, 6.07) is 17.0. The summed E-state index contributed by atoms with van der Waals surface area (Å²) in [5.41, 5.74) is 7.21. The van der Waals surface area contributed by atoms with E-state index in [0.29, 0.717) is 5.56 Å². The molecule has 0 saturated heterocycles. The summed E-state index contributed by atoms with van der Waals surface area (Å²) in [5, 5.41) is -0.677. The normalized spacial score (nSPS) is 11.6. The first-order valence-corrected chi connectivity index (χ1v) is 9.95. The lowest BCUT2D eigenvalue weighted by Crippen LogP contribution is -2.34. The van der Waals surface area contributed by atoms with E-state index in [1.54, 1.807) is 24.3 Å². The van der Waals surface area contributed by atoms with Crippen LogP contribution < -0.4 is 11.6 Å². The number of carbonyl (C=O) groups excluding carboxylic acids is 2. The fourth-order valence-corrected chi connectivity index (χ4v) is 3.03. The van der Waals surface area contributed by atoms with Crippen LogP contribution in [0.4, 0.5) is 4.79 Å². The van der Waals surface area contributed by atoms with Crippen molar-refractivity contribution in [3.63, 3.8) is 0 Å². The molecule has 8 nitrogen and oxygen atoms in total. The summed E-state index contributed by atoms with van der Waals surface area (Å²) in [4.78, 5) is 35.3. The second kappa shape index (κ2) is 10.5. The van der Waals surface area contributed by atoms with Gasteiger partial charge in [0.1, 0.15) is 12.6 Å². The van der Waals surface area contributed by atoms with Crippen molar-refractivity contribution in [2.24, 2.45) is 5.73 Å². The number of hydrogen-bond donors (Lipinski definition) is 1. The van der Waals surface area contributed by atoms with Gasteiger partial charge in [-0.05, 0) is 17.3 Å².